The van der Waals surface area contributed by atoms with Crippen molar-refractivity contribution in [1.29, 1.82) is 0 Å². The zero-order valence-corrected chi connectivity index (χ0v) is 19.5. The molecule has 3 rings (SSSR count). The molecule has 2 heterocycles. The number of halogens is 1. The molecule has 0 aromatic heterocycles. The molecule has 2 aliphatic heterocycles. The number of hydrogen-bond donors (Lipinski definition) is 2. The van der Waals surface area contributed by atoms with E-state index in [0.717, 1.165) is 71.0 Å². The number of aliphatic imine (C=N–C) groups is 1. The fraction of sp³-hybridized carbons (Fsp3) is 0.667. The van der Waals surface area contributed by atoms with E-state index in [1.807, 2.05) is 7.05 Å². The molecule has 0 aliphatic carbocycles. The molecule has 0 spiro atoms. The van der Waals surface area contributed by atoms with E-state index in [2.05, 4.69) is 50.9 Å². The topological polar surface area (TPSA) is 58.1 Å². The van der Waals surface area contributed by atoms with Crippen LogP contribution in [0.1, 0.15) is 31.2 Å². The summed E-state index contributed by atoms with van der Waals surface area (Å²) in [5.41, 5.74) is 1.25. The van der Waals surface area contributed by atoms with Gasteiger partial charge in [-0.3, -0.25) is 9.89 Å². The average Bonchev–Trinajstić information content (AvgIpc) is 2.74. The van der Waals surface area contributed by atoms with Crippen LogP contribution in [0.2, 0.25) is 0 Å². The molecule has 0 amide bonds. The number of nitrogens with one attached hydrogen (secondary N) is 2. The summed E-state index contributed by atoms with van der Waals surface area (Å²) in [4.78, 5) is 6.95. The van der Waals surface area contributed by atoms with Crippen molar-refractivity contribution < 1.29 is 9.47 Å². The molecule has 6 nitrogen and oxygen atoms in total. The molecule has 2 saturated heterocycles. The van der Waals surface area contributed by atoms with Gasteiger partial charge in [-0.25, -0.2) is 0 Å². The Balaban J connectivity index is 0.00000280. The molecular formula is C21H35IN4O2. The van der Waals surface area contributed by atoms with Crippen molar-refractivity contribution in [3.8, 4) is 0 Å². The third-order valence-electron chi connectivity index (χ3n) is 5.82. The number of rotatable bonds is 6. The minimum Gasteiger partial charge on any atom is -0.381 e. The summed E-state index contributed by atoms with van der Waals surface area (Å²) in [6, 6.07) is 11.2. The molecule has 0 bridgehead atoms. The van der Waals surface area contributed by atoms with E-state index in [1.54, 1.807) is 7.11 Å². The maximum atomic E-state index is 5.80. The van der Waals surface area contributed by atoms with E-state index in [0.29, 0.717) is 6.04 Å². The third kappa shape index (κ3) is 6.86. The van der Waals surface area contributed by atoms with Crippen molar-refractivity contribution in [1.82, 2.24) is 15.5 Å². The van der Waals surface area contributed by atoms with Gasteiger partial charge in [0, 0.05) is 72.4 Å². The average molecular weight is 502 g/mol. The third-order valence-corrected chi connectivity index (χ3v) is 5.82. The maximum absolute atomic E-state index is 5.80. The molecule has 1 aromatic carbocycles. The van der Waals surface area contributed by atoms with Crippen molar-refractivity contribution in [3.63, 3.8) is 0 Å². The first-order valence-corrected chi connectivity index (χ1v) is 10.1. The van der Waals surface area contributed by atoms with Crippen LogP contribution in [0.25, 0.3) is 0 Å². The minimum absolute atomic E-state index is 0. The Hall–Kier alpha value is -0.900. The zero-order valence-electron chi connectivity index (χ0n) is 17.2. The van der Waals surface area contributed by atoms with Gasteiger partial charge in [0.1, 0.15) is 0 Å². The maximum Gasteiger partial charge on any atom is 0.191 e. The number of methoxy groups -OCH3 is 1. The van der Waals surface area contributed by atoms with E-state index in [1.165, 1.54) is 5.56 Å². The Morgan fingerprint density at radius 3 is 2.50 bits per heavy atom. The summed E-state index contributed by atoms with van der Waals surface area (Å²) < 4.78 is 11.3. The van der Waals surface area contributed by atoms with E-state index in [-0.39, 0.29) is 29.6 Å². The lowest BCUT2D eigenvalue weighted by Crippen LogP contribution is -2.53. The molecule has 158 valence electrons. The normalized spacial score (nSPS) is 21.0. The number of likely N-dealkylation sites (tertiary alicyclic amines) is 1. The molecule has 0 radical (unpaired) electrons. The van der Waals surface area contributed by atoms with E-state index in [4.69, 9.17) is 9.47 Å². The SMILES string of the molecule is CN=C(NCC1(OC)CCOCC1)NC1CCN(Cc2ccccc2)CC1.I. The van der Waals surface area contributed by atoms with Crippen LogP contribution in [0, 0.1) is 0 Å². The fourth-order valence-electron chi connectivity index (χ4n) is 3.91. The second-order valence-electron chi connectivity index (χ2n) is 7.61. The summed E-state index contributed by atoms with van der Waals surface area (Å²) >= 11 is 0. The first kappa shape index (κ1) is 23.4. The Morgan fingerprint density at radius 2 is 1.89 bits per heavy atom. The molecule has 2 fully saturated rings. The first-order chi connectivity index (χ1) is 13.2. The fourth-order valence-corrected chi connectivity index (χ4v) is 3.91. The number of nitrogens with zero attached hydrogens (tertiary/aromatic N) is 2. The van der Waals surface area contributed by atoms with Crippen LogP contribution in [0.5, 0.6) is 0 Å². The van der Waals surface area contributed by atoms with Gasteiger partial charge >= 0.3 is 0 Å². The lowest BCUT2D eigenvalue weighted by atomic mass is 9.94. The van der Waals surface area contributed by atoms with Gasteiger partial charge in [0.05, 0.1) is 5.60 Å². The molecule has 0 unspecified atom stereocenters. The van der Waals surface area contributed by atoms with Crippen molar-refractivity contribution in [2.75, 3.05) is 47.0 Å². The van der Waals surface area contributed by atoms with Crippen LogP contribution in [-0.4, -0.2) is 69.5 Å². The van der Waals surface area contributed by atoms with Crippen LogP contribution in [0.15, 0.2) is 35.3 Å². The molecule has 28 heavy (non-hydrogen) atoms. The van der Waals surface area contributed by atoms with Gasteiger partial charge in [0.25, 0.3) is 0 Å². The minimum atomic E-state index is -0.144. The van der Waals surface area contributed by atoms with Crippen molar-refractivity contribution in [2.24, 2.45) is 4.99 Å². The summed E-state index contributed by atoms with van der Waals surface area (Å²) in [5.74, 6) is 0.874. The highest BCUT2D eigenvalue weighted by molar-refractivity contribution is 14.0. The van der Waals surface area contributed by atoms with Gasteiger partial charge in [0.2, 0.25) is 0 Å². The largest absolute Gasteiger partial charge is 0.381 e. The Labute approximate surface area is 186 Å². The molecule has 0 atom stereocenters. The van der Waals surface area contributed by atoms with Crippen molar-refractivity contribution in [2.45, 2.75) is 43.9 Å². The Kier molecular flexibility index (Phi) is 9.98. The lowest BCUT2D eigenvalue weighted by Gasteiger charge is -2.37. The molecule has 2 aliphatic rings. The van der Waals surface area contributed by atoms with Crippen LogP contribution < -0.4 is 10.6 Å². The molecule has 7 heteroatoms. The highest BCUT2D eigenvalue weighted by atomic mass is 127. The number of ether oxygens (including phenoxy) is 2. The number of piperidine rings is 1. The van der Waals surface area contributed by atoms with Gasteiger partial charge in [-0.05, 0) is 18.4 Å². The van der Waals surface area contributed by atoms with Crippen LogP contribution in [-0.2, 0) is 16.0 Å². The quantitative estimate of drug-likeness (QED) is 0.356. The summed E-state index contributed by atoms with van der Waals surface area (Å²) in [7, 11) is 3.63. The molecular weight excluding hydrogens is 467 g/mol. The molecule has 2 N–H and O–H groups in total. The van der Waals surface area contributed by atoms with Crippen molar-refractivity contribution >= 4 is 29.9 Å². The van der Waals surface area contributed by atoms with Gasteiger partial charge in [-0.1, -0.05) is 30.3 Å². The second kappa shape index (κ2) is 11.9. The predicted molar refractivity (Wildman–Crippen MR) is 124 cm³/mol. The highest BCUT2D eigenvalue weighted by Gasteiger charge is 2.32. The van der Waals surface area contributed by atoms with Gasteiger partial charge in [-0.2, -0.15) is 0 Å². The lowest BCUT2D eigenvalue weighted by molar-refractivity contribution is -0.0855. The Morgan fingerprint density at radius 1 is 1.21 bits per heavy atom. The van der Waals surface area contributed by atoms with Crippen molar-refractivity contribution in [3.05, 3.63) is 35.9 Å². The first-order valence-electron chi connectivity index (χ1n) is 10.1. The molecule has 0 saturated carbocycles. The number of benzene rings is 1. The highest BCUT2D eigenvalue weighted by Crippen LogP contribution is 2.23. The molecule has 1 aromatic rings. The van der Waals surface area contributed by atoms with E-state index >= 15 is 0 Å². The van der Waals surface area contributed by atoms with Gasteiger partial charge in [-0.15, -0.1) is 24.0 Å². The van der Waals surface area contributed by atoms with E-state index in [9.17, 15) is 0 Å². The summed E-state index contributed by atoms with van der Waals surface area (Å²) in [6.45, 7) is 5.56. The Bertz CT molecular complexity index is 585. The smallest absolute Gasteiger partial charge is 0.191 e. The second-order valence-corrected chi connectivity index (χ2v) is 7.61. The monoisotopic (exact) mass is 502 g/mol. The van der Waals surface area contributed by atoms with Gasteiger partial charge in [0.15, 0.2) is 5.96 Å². The van der Waals surface area contributed by atoms with Crippen LogP contribution in [0.3, 0.4) is 0 Å². The summed E-state index contributed by atoms with van der Waals surface area (Å²) in [5, 5.41) is 7.07. The van der Waals surface area contributed by atoms with Crippen LogP contribution in [0.4, 0.5) is 0 Å². The van der Waals surface area contributed by atoms with E-state index < -0.39 is 0 Å². The standard InChI is InChI=1S/C21H34N4O2.HI/c1-22-20(23-17-21(26-2)10-14-27-15-11-21)24-19-8-12-25(13-9-19)16-18-6-4-3-5-7-18;/h3-7,19H,8-17H2,1-2H3,(H2,22,23,24);1H. The van der Waals surface area contributed by atoms with Gasteiger partial charge < -0.3 is 20.1 Å². The zero-order chi connectivity index (χ0) is 19.0. The number of hydrogen-bond acceptors (Lipinski definition) is 4. The summed E-state index contributed by atoms with van der Waals surface area (Å²) in [6.07, 6.45) is 4.12. The van der Waals surface area contributed by atoms with Crippen LogP contribution >= 0.6 is 24.0 Å². The predicted octanol–water partition coefficient (Wildman–Crippen LogP) is 2.63. The number of guanidine groups is 1.